The van der Waals surface area contributed by atoms with Crippen molar-refractivity contribution in [1.82, 2.24) is 10.2 Å². The molecule has 1 heterocycles. The summed E-state index contributed by atoms with van der Waals surface area (Å²) in [6.07, 6.45) is 1.20. The topological polar surface area (TPSA) is 77.1 Å². The second kappa shape index (κ2) is 12.1. The third-order valence-electron chi connectivity index (χ3n) is 6.24. The maximum absolute atomic E-state index is 13.7. The first-order valence-corrected chi connectivity index (χ1v) is 12.1. The van der Waals surface area contributed by atoms with Gasteiger partial charge >= 0.3 is 0 Å². The minimum absolute atomic E-state index is 0.0998. The fourth-order valence-corrected chi connectivity index (χ4v) is 4.33. The molecule has 2 amide bonds. The number of ether oxygens (including phenoxy) is 3. The van der Waals surface area contributed by atoms with Crippen molar-refractivity contribution in [3.05, 3.63) is 89.5 Å². The molecular weight excluding hydrogens is 456 g/mol. The normalized spacial score (nSPS) is 12.9. The molecule has 0 aliphatic carbocycles. The van der Waals surface area contributed by atoms with Crippen LogP contribution in [0.25, 0.3) is 0 Å². The molecule has 0 fully saturated rings. The van der Waals surface area contributed by atoms with E-state index < -0.39 is 6.04 Å². The Morgan fingerprint density at radius 3 is 2.42 bits per heavy atom. The highest BCUT2D eigenvalue weighted by Gasteiger charge is 2.29. The quantitative estimate of drug-likeness (QED) is 0.470. The summed E-state index contributed by atoms with van der Waals surface area (Å²) in [5.74, 6) is 1.83. The maximum atomic E-state index is 13.7. The van der Waals surface area contributed by atoms with Crippen molar-refractivity contribution >= 4 is 11.8 Å². The van der Waals surface area contributed by atoms with E-state index in [1.165, 1.54) is 0 Å². The zero-order valence-electron chi connectivity index (χ0n) is 20.7. The molecule has 0 unspecified atom stereocenters. The summed E-state index contributed by atoms with van der Waals surface area (Å²) < 4.78 is 16.7. The van der Waals surface area contributed by atoms with E-state index in [0.29, 0.717) is 44.1 Å². The molecular formula is C29H32N2O5. The van der Waals surface area contributed by atoms with Gasteiger partial charge in [-0.1, -0.05) is 48.5 Å². The third kappa shape index (κ3) is 6.36. The molecule has 188 valence electrons. The fraction of sp³-hybridized carbons (Fsp3) is 0.310. The van der Waals surface area contributed by atoms with Crippen LogP contribution < -0.4 is 19.5 Å². The van der Waals surface area contributed by atoms with Gasteiger partial charge in [-0.15, -0.1) is 0 Å². The molecule has 0 radical (unpaired) electrons. The van der Waals surface area contributed by atoms with Crippen molar-refractivity contribution in [2.75, 3.05) is 27.4 Å². The molecule has 3 aromatic rings. The van der Waals surface area contributed by atoms with Crippen molar-refractivity contribution in [3.8, 4) is 17.2 Å². The Hall–Kier alpha value is -4.00. The van der Waals surface area contributed by atoms with Gasteiger partial charge in [0.25, 0.3) is 0 Å². The lowest BCUT2D eigenvalue weighted by molar-refractivity contribution is -0.141. The van der Waals surface area contributed by atoms with Crippen molar-refractivity contribution in [2.24, 2.45) is 0 Å². The van der Waals surface area contributed by atoms with Crippen molar-refractivity contribution < 1.29 is 23.8 Å². The second-order valence-electron chi connectivity index (χ2n) is 8.67. The maximum Gasteiger partial charge on any atom is 0.242 e. The molecule has 7 nitrogen and oxygen atoms in total. The first-order chi connectivity index (χ1) is 17.6. The van der Waals surface area contributed by atoms with Crippen molar-refractivity contribution in [3.63, 3.8) is 0 Å². The molecule has 0 saturated carbocycles. The number of carbonyl (C=O) groups is 2. The number of nitrogens with zero attached hydrogens (tertiary/aromatic N) is 1. The molecule has 1 aliphatic rings. The average molecular weight is 489 g/mol. The minimum atomic E-state index is -0.656. The number of hydrogen-bond donors (Lipinski definition) is 1. The van der Waals surface area contributed by atoms with Crippen molar-refractivity contribution in [1.29, 1.82) is 0 Å². The Labute approximate surface area is 212 Å². The predicted octanol–water partition coefficient (Wildman–Crippen LogP) is 3.79. The lowest BCUT2D eigenvalue weighted by Gasteiger charge is -2.31. The number of fused-ring (bicyclic) bond motifs is 1. The van der Waals surface area contributed by atoms with E-state index in [-0.39, 0.29) is 18.2 Å². The van der Waals surface area contributed by atoms with E-state index >= 15 is 0 Å². The van der Waals surface area contributed by atoms with Gasteiger partial charge in [0.2, 0.25) is 11.8 Å². The SMILES string of the molecule is CNC(=O)[C@H](Cc1ccccc1)N(Cc1cccc(OC)c1)C(=O)CCc1ccc2c(c1)OCCO2. The molecule has 0 aromatic heterocycles. The van der Waals surface area contributed by atoms with E-state index in [2.05, 4.69) is 5.32 Å². The summed E-state index contributed by atoms with van der Waals surface area (Å²) in [5.41, 5.74) is 2.86. The van der Waals surface area contributed by atoms with Crippen LogP contribution in [-0.4, -0.2) is 50.1 Å². The second-order valence-corrected chi connectivity index (χ2v) is 8.67. The smallest absolute Gasteiger partial charge is 0.242 e. The number of aryl methyl sites for hydroxylation is 1. The van der Waals surface area contributed by atoms with Crippen LogP contribution >= 0.6 is 0 Å². The number of likely N-dealkylation sites (N-methyl/N-ethyl adjacent to an activating group) is 1. The summed E-state index contributed by atoms with van der Waals surface area (Å²) in [6.45, 7) is 1.34. The Balaban J connectivity index is 1.57. The van der Waals surface area contributed by atoms with Gasteiger partial charge in [-0.3, -0.25) is 9.59 Å². The number of benzene rings is 3. The van der Waals surface area contributed by atoms with Gasteiger partial charge in [0, 0.05) is 26.4 Å². The zero-order valence-corrected chi connectivity index (χ0v) is 20.7. The van der Waals surface area contributed by atoms with Gasteiger partial charge in [0.1, 0.15) is 25.0 Å². The van der Waals surface area contributed by atoms with Gasteiger partial charge in [0.05, 0.1) is 7.11 Å². The highest BCUT2D eigenvalue weighted by molar-refractivity contribution is 5.88. The van der Waals surface area contributed by atoms with E-state index in [9.17, 15) is 9.59 Å². The zero-order chi connectivity index (χ0) is 25.3. The van der Waals surface area contributed by atoms with Crippen LogP contribution in [0.3, 0.4) is 0 Å². The minimum Gasteiger partial charge on any atom is -0.497 e. The molecule has 7 heteroatoms. The number of rotatable bonds is 10. The molecule has 0 bridgehead atoms. The van der Waals surface area contributed by atoms with E-state index in [1.807, 2.05) is 72.8 Å². The number of amides is 2. The molecule has 3 aromatic carbocycles. The van der Waals surface area contributed by atoms with E-state index in [0.717, 1.165) is 22.4 Å². The summed E-state index contributed by atoms with van der Waals surface area (Å²) in [6, 6.07) is 22.4. The largest absolute Gasteiger partial charge is 0.497 e. The van der Waals surface area contributed by atoms with Crippen LogP contribution in [-0.2, 0) is 29.0 Å². The predicted molar refractivity (Wildman–Crippen MR) is 137 cm³/mol. The van der Waals surface area contributed by atoms with Gasteiger partial charge in [-0.25, -0.2) is 0 Å². The number of methoxy groups -OCH3 is 1. The summed E-state index contributed by atoms with van der Waals surface area (Å²) in [5, 5.41) is 2.75. The standard InChI is InChI=1S/C29H32N2O5/c1-30-29(33)25(18-21-7-4-3-5-8-21)31(20-23-9-6-10-24(17-23)34-2)28(32)14-12-22-11-13-26-27(19-22)36-16-15-35-26/h3-11,13,17,19,25H,12,14-16,18,20H2,1-2H3,(H,30,33)/t25-/m0/s1. The lowest BCUT2D eigenvalue weighted by atomic mass is 10.0. The number of hydrogen-bond acceptors (Lipinski definition) is 5. The first-order valence-electron chi connectivity index (χ1n) is 12.1. The van der Waals surface area contributed by atoms with Crippen LogP contribution in [0.5, 0.6) is 17.2 Å². The molecule has 0 spiro atoms. The Bertz CT molecular complexity index is 1180. The van der Waals surface area contributed by atoms with Gasteiger partial charge < -0.3 is 24.4 Å². The summed E-state index contributed by atoms with van der Waals surface area (Å²) in [7, 11) is 3.21. The molecule has 36 heavy (non-hydrogen) atoms. The Morgan fingerprint density at radius 2 is 1.67 bits per heavy atom. The monoisotopic (exact) mass is 488 g/mol. The molecule has 0 saturated heterocycles. The third-order valence-corrected chi connectivity index (χ3v) is 6.24. The van der Waals surface area contributed by atoms with E-state index in [1.54, 1.807) is 19.1 Å². The molecule has 1 aliphatic heterocycles. The summed E-state index contributed by atoms with van der Waals surface area (Å²) in [4.78, 5) is 28.4. The van der Waals surface area contributed by atoms with Crippen LogP contribution in [0, 0.1) is 0 Å². The van der Waals surface area contributed by atoms with Crippen LogP contribution in [0.1, 0.15) is 23.1 Å². The first kappa shape index (κ1) is 25.1. The number of carbonyl (C=O) groups excluding carboxylic acids is 2. The molecule has 1 N–H and O–H groups in total. The average Bonchev–Trinajstić information content (AvgIpc) is 2.93. The Kier molecular flexibility index (Phi) is 8.44. The van der Waals surface area contributed by atoms with Crippen LogP contribution in [0.4, 0.5) is 0 Å². The lowest BCUT2D eigenvalue weighted by Crippen LogP contribution is -2.49. The highest BCUT2D eigenvalue weighted by Crippen LogP contribution is 2.31. The molecule has 1 atom stereocenters. The van der Waals surface area contributed by atoms with Gasteiger partial charge in [0.15, 0.2) is 11.5 Å². The summed E-state index contributed by atoms with van der Waals surface area (Å²) >= 11 is 0. The van der Waals surface area contributed by atoms with Crippen LogP contribution in [0.2, 0.25) is 0 Å². The van der Waals surface area contributed by atoms with Crippen molar-refractivity contribution in [2.45, 2.75) is 31.8 Å². The fourth-order valence-electron chi connectivity index (χ4n) is 4.33. The van der Waals surface area contributed by atoms with Crippen LogP contribution in [0.15, 0.2) is 72.8 Å². The number of nitrogens with one attached hydrogen (secondary N) is 1. The van der Waals surface area contributed by atoms with E-state index in [4.69, 9.17) is 14.2 Å². The Morgan fingerprint density at radius 1 is 0.917 bits per heavy atom. The van der Waals surface area contributed by atoms with Gasteiger partial charge in [-0.2, -0.15) is 0 Å². The van der Waals surface area contributed by atoms with Gasteiger partial charge in [-0.05, 0) is 47.4 Å². The highest BCUT2D eigenvalue weighted by atomic mass is 16.6. The molecule has 4 rings (SSSR count).